The average molecular weight is 418 g/mol. The summed E-state index contributed by atoms with van der Waals surface area (Å²) in [5, 5.41) is 1.92. The van der Waals surface area contributed by atoms with Crippen LogP contribution in [0.2, 0.25) is 0 Å². The van der Waals surface area contributed by atoms with Gasteiger partial charge >= 0.3 is 0 Å². The molecule has 6 heteroatoms. The van der Waals surface area contributed by atoms with Gasteiger partial charge in [-0.05, 0) is 48.7 Å². The molecule has 152 valence electrons. The highest BCUT2D eigenvalue weighted by Gasteiger charge is 2.43. The summed E-state index contributed by atoms with van der Waals surface area (Å²) in [4.78, 5) is 33.2. The molecular weight excluding hydrogens is 394 g/mol. The van der Waals surface area contributed by atoms with E-state index in [1.54, 1.807) is 6.07 Å². The van der Waals surface area contributed by atoms with Gasteiger partial charge in [-0.3, -0.25) is 9.59 Å². The van der Waals surface area contributed by atoms with E-state index in [1.165, 1.54) is 16.2 Å². The lowest BCUT2D eigenvalue weighted by Crippen LogP contribution is -2.35. The minimum Gasteiger partial charge on any atom is -0.378 e. The summed E-state index contributed by atoms with van der Waals surface area (Å²) in [5.74, 6) is -0.590. The highest BCUT2D eigenvalue weighted by molar-refractivity contribution is 7.11. The molecule has 0 fully saturated rings. The summed E-state index contributed by atoms with van der Waals surface area (Å²) < 4.78 is 0. The summed E-state index contributed by atoms with van der Waals surface area (Å²) in [6.45, 7) is 2.55. The Hall–Kier alpha value is -3.38. The molecule has 2 aromatic carbocycles. The van der Waals surface area contributed by atoms with Gasteiger partial charge in [-0.2, -0.15) is 0 Å². The third-order valence-corrected chi connectivity index (χ3v) is 5.97. The molecule has 1 aromatic heterocycles. The second kappa shape index (κ2) is 8.16. The first kappa shape index (κ1) is 19.9. The van der Waals surface area contributed by atoms with Gasteiger partial charge < -0.3 is 9.80 Å². The van der Waals surface area contributed by atoms with Crippen LogP contribution >= 0.6 is 11.3 Å². The molecule has 2 amide bonds. The highest BCUT2D eigenvalue weighted by Crippen LogP contribution is 2.38. The minimum atomic E-state index is -0.301. The summed E-state index contributed by atoms with van der Waals surface area (Å²) >= 11 is 1.47. The van der Waals surface area contributed by atoms with Crippen LogP contribution in [0.5, 0.6) is 0 Å². The predicted octanol–water partition coefficient (Wildman–Crippen LogP) is 4.63. The molecule has 0 spiro atoms. The van der Waals surface area contributed by atoms with E-state index in [0.717, 1.165) is 16.3 Å². The number of amides is 2. The van der Waals surface area contributed by atoms with Crippen LogP contribution in [0.15, 0.2) is 77.8 Å². The third-order valence-electron chi connectivity index (χ3n) is 5.09. The molecule has 0 bridgehead atoms. The summed E-state index contributed by atoms with van der Waals surface area (Å²) in [6.07, 6.45) is 0. The van der Waals surface area contributed by atoms with Gasteiger partial charge in [-0.1, -0.05) is 30.3 Å². The fraction of sp³-hybridized carbons (Fsp3) is 0.167. The molecule has 1 aliphatic rings. The van der Waals surface area contributed by atoms with E-state index in [9.17, 15) is 9.59 Å². The Morgan fingerprint density at radius 3 is 2.23 bits per heavy atom. The molecule has 3 aromatic rings. The molecule has 30 heavy (non-hydrogen) atoms. The average Bonchev–Trinajstić information content (AvgIpc) is 3.36. The van der Waals surface area contributed by atoms with Crippen LogP contribution in [0.4, 0.5) is 17.1 Å². The number of nitrogens with zero attached hydrogens (tertiary/aromatic N) is 3. The topological polar surface area (TPSA) is 43.9 Å². The van der Waals surface area contributed by atoms with Crippen molar-refractivity contribution in [3.63, 3.8) is 0 Å². The number of benzene rings is 2. The largest absolute Gasteiger partial charge is 0.378 e. The summed E-state index contributed by atoms with van der Waals surface area (Å²) in [7, 11) is 3.86. The maximum absolute atomic E-state index is 13.7. The molecule has 0 radical (unpaired) electrons. The number of hydrogen-bond acceptors (Lipinski definition) is 5. The number of anilines is 3. The van der Waals surface area contributed by atoms with Crippen molar-refractivity contribution in [1.82, 2.24) is 0 Å². The molecule has 0 saturated heterocycles. The van der Waals surface area contributed by atoms with Crippen LogP contribution in [-0.2, 0) is 9.59 Å². The maximum Gasteiger partial charge on any atom is 0.282 e. The van der Waals surface area contributed by atoms with E-state index in [0.29, 0.717) is 23.5 Å². The van der Waals surface area contributed by atoms with Crippen LogP contribution in [0.25, 0.3) is 5.57 Å². The molecule has 1 aliphatic heterocycles. The van der Waals surface area contributed by atoms with Gasteiger partial charge in [-0.25, -0.2) is 4.90 Å². The Morgan fingerprint density at radius 1 is 0.867 bits per heavy atom. The predicted molar refractivity (Wildman–Crippen MR) is 124 cm³/mol. The molecule has 4 rings (SSSR count). The van der Waals surface area contributed by atoms with Crippen molar-refractivity contribution in [3.05, 3.63) is 82.7 Å². The van der Waals surface area contributed by atoms with Gasteiger partial charge in [0.05, 0.1) is 11.3 Å². The Kier molecular flexibility index (Phi) is 5.42. The molecule has 0 atom stereocenters. The SMILES string of the molecule is CCN(C1=C(c2cccs2)C(=O)N(c2cccc(N(C)C)c2)C1=O)c1ccccc1. The molecule has 5 nitrogen and oxygen atoms in total. The molecule has 0 N–H and O–H groups in total. The minimum absolute atomic E-state index is 0.289. The second-order valence-corrected chi connectivity index (χ2v) is 8.09. The number of thiophene rings is 1. The van der Waals surface area contributed by atoms with Gasteiger partial charge in [0.25, 0.3) is 11.8 Å². The van der Waals surface area contributed by atoms with Crippen LogP contribution in [0.1, 0.15) is 11.8 Å². The highest BCUT2D eigenvalue weighted by atomic mass is 32.1. The lowest BCUT2D eigenvalue weighted by atomic mass is 10.1. The van der Waals surface area contributed by atoms with E-state index in [2.05, 4.69) is 0 Å². The first-order valence-electron chi connectivity index (χ1n) is 9.79. The quantitative estimate of drug-likeness (QED) is 0.549. The maximum atomic E-state index is 13.7. The van der Waals surface area contributed by atoms with Crippen molar-refractivity contribution in [2.45, 2.75) is 6.92 Å². The third kappa shape index (κ3) is 3.39. The monoisotopic (exact) mass is 417 g/mol. The number of para-hydroxylation sites is 1. The summed E-state index contributed by atoms with van der Waals surface area (Å²) in [6, 6.07) is 21.0. The Balaban J connectivity index is 1.86. The van der Waals surface area contributed by atoms with Gasteiger partial charge in [0, 0.05) is 36.9 Å². The van der Waals surface area contributed by atoms with E-state index >= 15 is 0 Å². The van der Waals surface area contributed by atoms with Crippen molar-refractivity contribution in [2.75, 3.05) is 35.3 Å². The second-order valence-electron chi connectivity index (χ2n) is 7.14. The van der Waals surface area contributed by atoms with E-state index in [4.69, 9.17) is 0 Å². The molecule has 0 saturated carbocycles. The number of carbonyl (C=O) groups is 2. The fourth-order valence-electron chi connectivity index (χ4n) is 3.63. The van der Waals surface area contributed by atoms with Crippen molar-refractivity contribution < 1.29 is 9.59 Å². The van der Waals surface area contributed by atoms with Crippen LogP contribution < -0.4 is 14.7 Å². The number of likely N-dealkylation sites (N-methyl/N-ethyl adjacent to an activating group) is 1. The van der Waals surface area contributed by atoms with Crippen LogP contribution in [0.3, 0.4) is 0 Å². The van der Waals surface area contributed by atoms with Crippen LogP contribution in [0, 0.1) is 0 Å². The Morgan fingerprint density at radius 2 is 1.60 bits per heavy atom. The molecule has 2 heterocycles. The van der Waals surface area contributed by atoms with E-state index < -0.39 is 0 Å². The standard InChI is InChI=1S/C24H23N3O2S/c1-4-26(17-10-6-5-7-11-17)22-21(20-14-9-15-30-20)23(28)27(24(22)29)19-13-8-12-18(16-19)25(2)3/h5-16H,4H2,1-3H3. The van der Waals surface area contributed by atoms with Gasteiger partial charge in [0.2, 0.25) is 0 Å². The number of carbonyl (C=O) groups excluding carboxylic acids is 2. The number of rotatable bonds is 6. The lowest BCUT2D eigenvalue weighted by Gasteiger charge is -2.25. The Labute approximate surface area is 180 Å². The Bertz CT molecular complexity index is 1100. The van der Waals surface area contributed by atoms with Gasteiger partial charge in [-0.15, -0.1) is 11.3 Å². The molecular formula is C24H23N3O2S. The molecule has 0 unspecified atom stereocenters. The van der Waals surface area contributed by atoms with E-state index in [-0.39, 0.29) is 11.8 Å². The summed E-state index contributed by atoms with van der Waals surface area (Å²) in [5.41, 5.74) is 3.26. The van der Waals surface area contributed by atoms with Crippen molar-refractivity contribution in [1.29, 1.82) is 0 Å². The first-order valence-corrected chi connectivity index (χ1v) is 10.7. The normalized spacial score (nSPS) is 13.9. The van der Waals surface area contributed by atoms with Gasteiger partial charge in [0.15, 0.2) is 0 Å². The van der Waals surface area contributed by atoms with Crippen molar-refractivity contribution in [2.24, 2.45) is 0 Å². The zero-order valence-corrected chi connectivity index (χ0v) is 18.0. The number of imide groups is 1. The lowest BCUT2D eigenvalue weighted by molar-refractivity contribution is -0.120. The smallest absolute Gasteiger partial charge is 0.282 e. The van der Waals surface area contributed by atoms with Crippen molar-refractivity contribution in [3.8, 4) is 0 Å². The first-order chi connectivity index (χ1) is 14.5. The van der Waals surface area contributed by atoms with Gasteiger partial charge in [0.1, 0.15) is 5.70 Å². The van der Waals surface area contributed by atoms with E-state index in [1.807, 2.05) is 96.9 Å². The fourth-order valence-corrected chi connectivity index (χ4v) is 4.40. The zero-order valence-electron chi connectivity index (χ0n) is 17.2. The molecule has 0 aliphatic carbocycles. The van der Waals surface area contributed by atoms with Crippen molar-refractivity contribution >= 4 is 45.8 Å². The zero-order chi connectivity index (χ0) is 21.3. The number of hydrogen-bond donors (Lipinski definition) is 0. The van der Waals surface area contributed by atoms with Crippen LogP contribution in [-0.4, -0.2) is 32.5 Å².